The number of aromatic nitrogens is 4. The van der Waals surface area contributed by atoms with Gasteiger partial charge in [-0.05, 0) is 12.8 Å². The molecule has 7 heteroatoms. The van der Waals surface area contributed by atoms with E-state index >= 15 is 0 Å². The molecule has 1 aliphatic heterocycles. The predicted molar refractivity (Wildman–Crippen MR) is 90.3 cm³/mol. The van der Waals surface area contributed by atoms with Gasteiger partial charge in [0.2, 0.25) is 0 Å². The van der Waals surface area contributed by atoms with Crippen LogP contribution < -0.4 is 0 Å². The minimum absolute atomic E-state index is 0.00857. The van der Waals surface area contributed by atoms with E-state index in [4.69, 9.17) is 4.74 Å². The zero-order valence-electron chi connectivity index (χ0n) is 14.1. The molecule has 126 valence electrons. The van der Waals surface area contributed by atoms with Crippen molar-refractivity contribution >= 4 is 11.3 Å². The van der Waals surface area contributed by atoms with Gasteiger partial charge in [-0.25, -0.2) is 4.98 Å². The van der Waals surface area contributed by atoms with Crippen LogP contribution in [0.1, 0.15) is 42.6 Å². The highest BCUT2D eigenvalue weighted by Gasteiger charge is 2.26. The van der Waals surface area contributed by atoms with Gasteiger partial charge in [0, 0.05) is 43.7 Å². The molecule has 0 unspecified atom stereocenters. The van der Waals surface area contributed by atoms with Crippen molar-refractivity contribution in [3.05, 3.63) is 28.2 Å². The Hall–Kier alpha value is -1.31. The van der Waals surface area contributed by atoms with Crippen LogP contribution in [0.25, 0.3) is 0 Å². The number of thiazole rings is 1. The van der Waals surface area contributed by atoms with Crippen molar-refractivity contribution < 1.29 is 4.74 Å². The van der Waals surface area contributed by atoms with Crippen LogP contribution in [0.5, 0.6) is 0 Å². The van der Waals surface area contributed by atoms with Crippen LogP contribution in [0.4, 0.5) is 0 Å². The summed E-state index contributed by atoms with van der Waals surface area (Å²) in [4.78, 5) is 8.31. The molecular formula is C16H25N5OS. The largest absolute Gasteiger partial charge is 0.368 e. The van der Waals surface area contributed by atoms with Gasteiger partial charge >= 0.3 is 0 Å². The summed E-state index contributed by atoms with van der Waals surface area (Å²) in [6, 6.07) is 0. The van der Waals surface area contributed by atoms with Crippen LogP contribution >= 0.6 is 11.3 Å². The van der Waals surface area contributed by atoms with Crippen LogP contribution in [-0.2, 0) is 24.2 Å². The van der Waals surface area contributed by atoms with E-state index in [1.165, 1.54) is 9.88 Å². The first kappa shape index (κ1) is 16.5. The van der Waals surface area contributed by atoms with Crippen molar-refractivity contribution in [2.45, 2.75) is 46.4 Å². The fourth-order valence-electron chi connectivity index (χ4n) is 2.84. The molecule has 0 aromatic carbocycles. The molecule has 0 bridgehead atoms. The van der Waals surface area contributed by atoms with E-state index in [0.29, 0.717) is 5.92 Å². The normalized spacial score (nSPS) is 19.6. The summed E-state index contributed by atoms with van der Waals surface area (Å²) < 4.78 is 7.97. The van der Waals surface area contributed by atoms with Crippen molar-refractivity contribution in [3.63, 3.8) is 0 Å². The lowest BCUT2D eigenvalue weighted by Crippen LogP contribution is -2.38. The second-order valence-electron chi connectivity index (χ2n) is 6.39. The maximum Gasteiger partial charge on any atom is 0.163 e. The first-order valence-corrected chi connectivity index (χ1v) is 9.12. The van der Waals surface area contributed by atoms with E-state index in [1.54, 1.807) is 6.33 Å². The number of aryl methyl sites for hydroxylation is 1. The van der Waals surface area contributed by atoms with Gasteiger partial charge in [0.1, 0.15) is 12.4 Å². The minimum Gasteiger partial charge on any atom is -0.368 e. The SMILES string of the molecule is CCn1cnnc1[C@H]1CN(Cc2cnc(CC(C)C)s2)CCO1. The molecule has 1 fully saturated rings. The van der Waals surface area contributed by atoms with Crippen LogP contribution in [0.3, 0.4) is 0 Å². The van der Waals surface area contributed by atoms with Crippen molar-refractivity contribution in [1.29, 1.82) is 0 Å². The number of rotatable bonds is 6. The van der Waals surface area contributed by atoms with Crippen molar-refractivity contribution in [2.24, 2.45) is 5.92 Å². The highest BCUT2D eigenvalue weighted by molar-refractivity contribution is 7.11. The molecule has 0 saturated carbocycles. The molecule has 0 aliphatic carbocycles. The molecule has 1 saturated heterocycles. The molecule has 2 aromatic heterocycles. The van der Waals surface area contributed by atoms with Gasteiger partial charge in [0.25, 0.3) is 0 Å². The number of hydrogen-bond donors (Lipinski definition) is 0. The highest BCUT2D eigenvalue weighted by atomic mass is 32.1. The predicted octanol–water partition coefficient (Wildman–Crippen LogP) is 2.53. The summed E-state index contributed by atoms with van der Waals surface area (Å²) in [7, 11) is 0. The molecule has 2 aromatic rings. The van der Waals surface area contributed by atoms with Crippen LogP contribution in [0, 0.1) is 5.92 Å². The number of ether oxygens (including phenoxy) is 1. The smallest absolute Gasteiger partial charge is 0.163 e. The van der Waals surface area contributed by atoms with Gasteiger partial charge in [-0.1, -0.05) is 13.8 Å². The Labute approximate surface area is 141 Å². The van der Waals surface area contributed by atoms with E-state index in [0.717, 1.165) is 45.0 Å². The monoisotopic (exact) mass is 335 g/mol. The maximum absolute atomic E-state index is 5.91. The summed E-state index contributed by atoms with van der Waals surface area (Å²) in [6.45, 7) is 10.9. The Morgan fingerprint density at radius 2 is 2.30 bits per heavy atom. The number of nitrogens with zero attached hydrogens (tertiary/aromatic N) is 5. The van der Waals surface area contributed by atoms with Gasteiger partial charge in [0.05, 0.1) is 11.6 Å². The number of hydrogen-bond acceptors (Lipinski definition) is 6. The third kappa shape index (κ3) is 4.16. The number of morpholine rings is 1. The lowest BCUT2D eigenvalue weighted by atomic mass is 10.1. The van der Waals surface area contributed by atoms with E-state index < -0.39 is 0 Å². The molecule has 0 amide bonds. The second-order valence-corrected chi connectivity index (χ2v) is 7.59. The molecule has 23 heavy (non-hydrogen) atoms. The summed E-state index contributed by atoms with van der Waals surface area (Å²) >= 11 is 1.83. The standard InChI is InChI=1S/C16H25N5OS/c1-4-21-11-18-19-16(21)14-10-20(5-6-22-14)9-13-8-17-15(23-13)7-12(2)3/h8,11-12,14H,4-7,9-10H2,1-3H3/t14-/m1/s1. The van der Waals surface area contributed by atoms with E-state index in [1.807, 2.05) is 17.5 Å². The molecule has 0 N–H and O–H groups in total. The molecular weight excluding hydrogens is 310 g/mol. The average molecular weight is 335 g/mol. The van der Waals surface area contributed by atoms with Gasteiger partial charge in [0.15, 0.2) is 5.82 Å². The van der Waals surface area contributed by atoms with Gasteiger partial charge in [-0.15, -0.1) is 21.5 Å². The Morgan fingerprint density at radius 3 is 3.09 bits per heavy atom. The zero-order chi connectivity index (χ0) is 16.2. The second kappa shape index (κ2) is 7.51. The molecule has 0 spiro atoms. The Morgan fingerprint density at radius 1 is 1.43 bits per heavy atom. The van der Waals surface area contributed by atoms with Crippen LogP contribution in [-0.4, -0.2) is 44.3 Å². The lowest BCUT2D eigenvalue weighted by molar-refractivity contribution is -0.0386. The molecule has 1 atom stereocenters. The zero-order valence-corrected chi connectivity index (χ0v) is 14.9. The Balaban J connectivity index is 1.61. The van der Waals surface area contributed by atoms with Gasteiger partial charge < -0.3 is 9.30 Å². The Kier molecular flexibility index (Phi) is 5.40. The Bertz CT molecular complexity index is 624. The fourth-order valence-corrected chi connectivity index (χ4v) is 4.02. The lowest BCUT2D eigenvalue weighted by Gasteiger charge is -2.32. The first-order chi connectivity index (χ1) is 11.2. The highest BCUT2D eigenvalue weighted by Crippen LogP contribution is 2.24. The van der Waals surface area contributed by atoms with E-state index in [9.17, 15) is 0 Å². The van der Waals surface area contributed by atoms with Crippen molar-refractivity contribution in [1.82, 2.24) is 24.6 Å². The minimum atomic E-state index is 0.00857. The van der Waals surface area contributed by atoms with Crippen molar-refractivity contribution in [3.8, 4) is 0 Å². The first-order valence-electron chi connectivity index (χ1n) is 8.31. The molecule has 0 radical (unpaired) electrons. The third-order valence-corrected chi connectivity index (χ3v) is 4.99. The molecule has 6 nitrogen and oxygen atoms in total. The van der Waals surface area contributed by atoms with Gasteiger partial charge in [-0.3, -0.25) is 4.90 Å². The summed E-state index contributed by atoms with van der Waals surface area (Å²) in [5, 5.41) is 9.50. The summed E-state index contributed by atoms with van der Waals surface area (Å²) in [5.41, 5.74) is 0. The molecule has 3 rings (SSSR count). The van der Waals surface area contributed by atoms with Crippen LogP contribution in [0.2, 0.25) is 0 Å². The fraction of sp³-hybridized carbons (Fsp3) is 0.688. The molecule has 1 aliphatic rings. The molecule has 3 heterocycles. The average Bonchev–Trinajstić information content (AvgIpc) is 3.16. The topological polar surface area (TPSA) is 56.1 Å². The van der Waals surface area contributed by atoms with Crippen molar-refractivity contribution in [2.75, 3.05) is 19.7 Å². The van der Waals surface area contributed by atoms with Crippen LogP contribution in [0.15, 0.2) is 12.5 Å². The summed E-state index contributed by atoms with van der Waals surface area (Å²) in [5.74, 6) is 1.59. The third-order valence-electron chi connectivity index (χ3n) is 3.99. The van der Waals surface area contributed by atoms with E-state index in [-0.39, 0.29) is 6.10 Å². The van der Waals surface area contributed by atoms with E-state index in [2.05, 4.69) is 45.4 Å². The quantitative estimate of drug-likeness (QED) is 0.812. The maximum atomic E-state index is 5.91. The van der Waals surface area contributed by atoms with Gasteiger partial charge in [-0.2, -0.15) is 0 Å². The summed E-state index contributed by atoms with van der Waals surface area (Å²) in [6.07, 6.45) is 4.88.